The van der Waals surface area contributed by atoms with Gasteiger partial charge in [0.25, 0.3) is 5.78 Å². The molecule has 0 aliphatic heterocycles. The van der Waals surface area contributed by atoms with Crippen LogP contribution < -0.4 is 0 Å². The Balaban J connectivity index is 1.40. The summed E-state index contributed by atoms with van der Waals surface area (Å²) in [5.74, 6) is 1.38. The van der Waals surface area contributed by atoms with Gasteiger partial charge < -0.3 is 0 Å². The summed E-state index contributed by atoms with van der Waals surface area (Å²) >= 11 is 13.6. The predicted octanol–water partition coefficient (Wildman–Crippen LogP) is 5.64. The lowest BCUT2D eigenvalue weighted by atomic mass is 9.82. The largest absolute Gasteiger partial charge is 0.294 e. The van der Waals surface area contributed by atoms with Crippen LogP contribution in [0.15, 0.2) is 59.9 Å². The minimum Gasteiger partial charge on any atom is -0.294 e. The Kier molecular flexibility index (Phi) is 5.23. The molecule has 0 saturated heterocycles. The molecule has 30 heavy (non-hydrogen) atoms. The van der Waals surface area contributed by atoms with Crippen molar-refractivity contribution in [1.82, 2.24) is 19.6 Å². The minimum atomic E-state index is 0.0780. The van der Waals surface area contributed by atoms with Crippen LogP contribution in [0.4, 0.5) is 0 Å². The first-order valence-corrected chi connectivity index (χ1v) is 11.2. The number of fused-ring (bicyclic) bond motifs is 2. The molecule has 0 saturated carbocycles. The van der Waals surface area contributed by atoms with E-state index in [0.717, 1.165) is 16.8 Å². The third-order valence-corrected chi connectivity index (χ3v) is 6.56. The number of rotatable bonds is 4. The van der Waals surface area contributed by atoms with Gasteiger partial charge in [-0.2, -0.15) is 4.98 Å². The quantitative estimate of drug-likeness (QED) is 0.373. The zero-order chi connectivity index (χ0) is 20.7. The highest BCUT2D eigenvalue weighted by Gasteiger charge is 2.28. The number of ketones is 1. The van der Waals surface area contributed by atoms with Crippen molar-refractivity contribution >= 4 is 46.5 Å². The highest BCUT2D eigenvalue weighted by molar-refractivity contribution is 7.98. The zero-order valence-corrected chi connectivity index (χ0v) is 18.1. The Hall–Kier alpha value is -2.41. The molecule has 2 aromatic carbocycles. The van der Waals surface area contributed by atoms with E-state index in [0.29, 0.717) is 45.1 Å². The van der Waals surface area contributed by atoms with Gasteiger partial charge in [0.05, 0.1) is 11.3 Å². The molecule has 0 radical (unpaired) electrons. The molecular formula is C22H16Cl2N4OS. The molecule has 8 heteroatoms. The molecule has 2 heterocycles. The number of aromatic nitrogens is 4. The van der Waals surface area contributed by atoms with E-state index >= 15 is 0 Å². The highest BCUT2D eigenvalue weighted by Crippen LogP contribution is 2.32. The van der Waals surface area contributed by atoms with E-state index in [1.54, 1.807) is 10.7 Å². The summed E-state index contributed by atoms with van der Waals surface area (Å²) in [6, 6.07) is 15.4. The smallest absolute Gasteiger partial charge is 0.253 e. The summed E-state index contributed by atoms with van der Waals surface area (Å²) in [5, 5.41) is 6.50. The van der Waals surface area contributed by atoms with Crippen molar-refractivity contribution in [3.8, 4) is 0 Å². The van der Waals surface area contributed by atoms with E-state index in [-0.39, 0.29) is 11.7 Å². The fraction of sp³-hybridized carbons (Fsp3) is 0.182. The first-order valence-electron chi connectivity index (χ1n) is 9.47. The molecule has 1 aliphatic carbocycles. The third kappa shape index (κ3) is 3.95. The lowest BCUT2D eigenvalue weighted by Gasteiger charge is -2.23. The molecular weight excluding hydrogens is 439 g/mol. The Morgan fingerprint density at radius 2 is 1.87 bits per heavy atom. The van der Waals surface area contributed by atoms with Gasteiger partial charge in [-0.05, 0) is 47.7 Å². The molecule has 1 aliphatic rings. The van der Waals surface area contributed by atoms with Crippen LogP contribution in [-0.2, 0) is 12.2 Å². The van der Waals surface area contributed by atoms with Gasteiger partial charge in [0.1, 0.15) is 0 Å². The van der Waals surface area contributed by atoms with Gasteiger partial charge in [-0.15, -0.1) is 5.10 Å². The second kappa shape index (κ2) is 8.02. The average Bonchev–Trinajstić information content (AvgIpc) is 3.13. The fourth-order valence-corrected chi connectivity index (χ4v) is 4.78. The van der Waals surface area contributed by atoms with Crippen molar-refractivity contribution in [3.05, 3.63) is 87.2 Å². The monoisotopic (exact) mass is 454 g/mol. The van der Waals surface area contributed by atoms with Gasteiger partial charge in [-0.3, -0.25) is 4.79 Å². The Morgan fingerprint density at radius 1 is 1.03 bits per heavy atom. The summed E-state index contributed by atoms with van der Waals surface area (Å²) in [6.45, 7) is 0. The SMILES string of the molecule is O=C1C[C@@H](c2ccc(Cl)cc2)Cc2nc3nc(SCc4cccc(Cl)c4)nn3cc21. The number of halogens is 2. The molecule has 150 valence electrons. The van der Waals surface area contributed by atoms with E-state index in [1.165, 1.54) is 11.8 Å². The van der Waals surface area contributed by atoms with Gasteiger partial charge in [0.2, 0.25) is 5.16 Å². The Bertz CT molecular complexity index is 1260. The maximum Gasteiger partial charge on any atom is 0.253 e. The van der Waals surface area contributed by atoms with Crippen molar-refractivity contribution < 1.29 is 4.79 Å². The topological polar surface area (TPSA) is 60.2 Å². The second-order valence-electron chi connectivity index (χ2n) is 7.24. The molecule has 0 amide bonds. The highest BCUT2D eigenvalue weighted by atomic mass is 35.5. The number of carbonyl (C=O) groups is 1. The standard InChI is InChI=1S/C22H16Cl2N4OS/c23-16-6-4-14(5-7-16)15-9-19-18(20(29)10-15)11-28-21(25-19)26-22(27-28)30-12-13-2-1-3-17(24)8-13/h1-8,11,15H,9-10,12H2/t15-/m0/s1. The summed E-state index contributed by atoms with van der Waals surface area (Å²) < 4.78 is 1.60. The van der Waals surface area contributed by atoms with Gasteiger partial charge in [-0.25, -0.2) is 9.50 Å². The maximum absolute atomic E-state index is 12.8. The average molecular weight is 455 g/mol. The van der Waals surface area contributed by atoms with Crippen LogP contribution in [0.1, 0.15) is 39.5 Å². The van der Waals surface area contributed by atoms with Gasteiger partial charge in [0, 0.05) is 28.4 Å². The van der Waals surface area contributed by atoms with Crippen LogP contribution in [0.5, 0.6) is 0 Å². The first-order chi connectivity index (χ1) is 14.5. The molecule has 0 unspecified atom stereocenters. The van der Waals surface area contributed by atoms with Crippen molar-refractivity contribution in [2.24, 2.45) is 0 Å². The normalized spacial score (nSPS) is 16.1. The number of carbonyl (C=O) groups excluding carboxylic acids is 1. The molecule has 2 aromatic heterocycles. The Labute approximate surface area is 187 Å². The lowest BCUT2D eigenvalue weighted by Crippen LogP contribution is -2.21. The Morgan fingerprint density at radius 3 is 2.67 bits per heavy atom. The summed E-state index contributed by atoms with van der Waals surface area (Å²) in [7, 11) is 0. The molecule has 4 aromatic rings. The van der Waals surface area contributed by atoms with Crippen molar-refractivity contribution in [1.29, 1.82) is 0 Å². The minimum absolute atomic E-state index is 0.0780. The first kappa shape index (κ1) is 19.5. The van der Waals surface area contributed by atoms with Crippen molar-refractivity contribution in [2.45, 2.75) is 29.7 Å². The summed E-state index contributed by atoms with van der Waals surface area (Å²) in [5.41, 5.74) is 3.60. The zero-order valence-electron chi connectivity index (χ0n) is 15.8. The van der Waals surface area contributed by atoms with E-state index in [1.807, 2.05) is 48.5 Å². The number of Topliss-reactive ketones (excluding diaryl/α,β-unsaturated/α-hetero) is 1. The fourth-order valence-electron chi connectivity index (χ4n) is 3.67. The van der Waals surface area contributed by atoms with E-state index in [9.17, 15) is 4.79 Å². The second-order valence-corrected chi connectivity index (χ2v) is 9.05. The molecule has 0 spiro atoms. The van der Waals surface area contributed by atoms with Crippen molar-refractivity contribution in [3.63, 3.8) is 0 Å². The van der Waals surface area contributed by atoms with Crippen LogP contribution in [0.25, 0.3) is 5.78 Å². The number of hydrogen-bond donors (Lipinski definition) is 0. The summed E-state index contributed by atoms with van der Waals surface area (Å²) in [6.07, 6.45) is 2.90. The van der Waals surface area contributed by atoms with Crippen LogP contribution in [0.2, 0.25) is 10.0 Å². The number of thioether (sulfide) groups is 1. The van der Waals surface area contributed by atoms with E-state index in [4.69, 9.17) is 23.2 Å². The van der Waals surface area contributed by atoms with Gasteiger partial charge in [0.15, 0.2) is 5.78 Å². The van der Waals surface area contributed by atoms with Crippen LogP contribution >= 0.6 is 35.0 Å². The lowest BCUT2D eigenvalue weighted by molar-refractivity contribution is 0.0962. The van der Waals surface area contributed by atoms with Crippen LogP contribution in [0.3, 0.4) is 0 Å². The molecule has 5 nitrogen and oxygen atoms in total. The summed E-state index contributed by atoms with van der Waals surface area (Å²) in [4.78, 5) is 22.0. The number of hydrogen-bond acceptors (Lipinski definition) is 5. The number of benzene rings is 2. The van der Waals surface area contributed by atoms with E-state index in [2.05, 4.69) is 15.1 Å². The van der Waals surface area contributed by atoms with Gasteiger partial charge in [-0.1, -0.05) is 59.2 Å². The number of nitrogens with zero attached hydrogens (tertiary/aromatic N) is 4. The molecule has 1 atom stereocenters. The molecule has 0 bridgehead atoms. The third-order valence-electron chi connectivity index (χ3n) is 5.16. The van der Waals surface area contributed by atoms with E-state index < -0.39 is 0 Å². The van der Waals surface area contributed by atoms with Crippen molar-refractivity contribution in [2.75, 3.05) is 0 Å². The van der Waals surface area contributed by atoms with Crippen LogP contribution in [0, 0.1) is 0 Å². The van der Waals surface area contributed by atoms with Crippen LogP contribution in [-0.4, -0.2) is 25.4 Å². The molecule has 0 fully saturated rings. The molecule has 5 rings (SSSR count). The predicted molar refractivity (Wildman–Crippen MR) is 119 cm³/mol. The van der Waals surface area contributed by atoms with Gasteiger partial charge >= 0.3 is 0 Å². The maximum atomic E-state index is 12.8. The molecule has 0 N–H and O–H groups in total.